The van der Waals surface area contributed by atoms with Gasteiger partial charge in [0.25, 0.3) is 0 Å². The van der Waals surface area contributed by atoms with Gasteiger partial charge < -0.3 is 9.80 Å². The summed E-state index contributed by atoms with van der Waals surface area (Å²) in [5.41, 5.74) is 3.63. The summed E-state index contributed by atoms with van der Waals surface area (Å²) in [5, 5.41) is 8.93. The highest BCUT2D eigenvalue weighted by Crippen LogP contribution is 2.28. The maximum Gasteiger partial charge on any atom is 0.0923 e. The fraction of sp³-hybridized carbons (Fsp3) is 0.389. The summed E-state index contributed by atoms with van der Waals surface area (Å²) in [5.74, 6) is 0. The molecule has 3 nitrogen and oxygen atoms in total. The number of nitrogens with zero attached hydrogens (tertiary/aromatic N) is 3. The SMILES string of the molecule is CSC(=C\C#N)/C=C(\c1ccc(N(C)C)cc1)N1CCCC1. The van der Waals surface area contributed by atoms with Crippen molar-refractivity contribution in [2.24, 2.45) is 0 Å². The van der Waals surface area contributed by atoms with Crippen LogP contribution in [0, 0.1) is 11.3 Å². The second-order valence-electron chi connectivity index (χ2n) is 5.54. The average Bonchev–Trinajstić information content (AvgIpc) is 3.05. The van der Waals surface area contributed by atoms with Gasteiger partial charge >= 0.3 is 0 Å². The number of anilines is 1. The first-order valence-corrected chi connectivity index (χ1v) is 8.76. The molecule has 0 spiro atoms. The Morgan fingerprint density at radius 2 is 1.86 bits per heavy atom. The Labute approximate surface area is 137 Å². The van der Waals surface area contributed by atoms with E-state index in [1.165, 1.54) is 29.8 Å². The van der Waals surface area contributed by atoms with Crippen LogP contribution in [0.5, 0.6) is 0 Å². The number of hydrogen-bond acceptors (Lipinski definition) is 4. The van der Waals surface area contributed by atoms with Gasteiger partial charge in [-0.05, 0) is 42.9 Å². The predicted octanol–water partition coefficient (Wildman–Crippen LogP) is 3.96. The molecule has 1 saturated heterocycles. The molecule has 0 atom stereocenters. The van der Waals surface area contributed by atoms with Crippen LogP contribution in [-0.4, -0.2) is 38.3 Å². The highest BCUT2D eigenvalue weighted by molar-refractivity contribution is 8.02. The second-order valence-corrected chi connectivity index (χ2v) is 6.42. The zero-order valence-electron chi connectivity index (χ0n) is 13.5. The Kier molecular flexibility index (Phi) is 5.97. The topological polar surface area (TPSA) is 30.3 Å². The van der Waals surface area contributed by atoms with Gasteiger partial charge in [-0.15, -0.1) is 11.8 Å². The van der Waals surface area contributed by atoms with Crippen LogP contribution in [0.25, 0.3) is 5.70 Å². The molecule has 1 aliphatic rings. The Balaban J connectivity index is 2.37. The van der Waals surface area contributed by atoms with E-state index in [4.69, 9.17) is 5.26 Å². The lowest BCUT2D eigenvalue weighted by Crippen LogP contribution is -2.17. The highest BCUT2D eigenvalue weighted by atomic mass is 32.2. The number of nitriles is 1. The number of thioether (sulfide) groups is 1. The van der Waals surface area contributed by atoms with E-state index in [9.17, 15) is 0 Å². The van der Waals surface area contributed by atoms with Crippen molar-refractivity contribution in [2.45, 2.75) is 12.8 Å². The van der Waals surface area contributed by atoms with Crippen molar-refractivity contribution < 1.29 is 0 Å². The van der Waals surface area contributed by atoms with Gasteiger partial charge in [0.1, 0.15) is 0 Å². The van der Waals surface area contributed by atoms with E-state index in [1.54, 1.807) is 17.8 Å². The van der Waals surface area contributed by atoms with E-state index < -0.39 is 0 Å². The first-order chi connectivity index (χ1) is 10.7. The molecule has 116 valence electrons. The van der Waals surface area contributed by atoms with Crippen molar-refractivity contribution in [3.63, 3.8) is 0 Å². The van der Waals surface area contributed by atoms with Crippen LogP contribution in [0.2, 0.25) is 0 Å². The van der Waals surface area contributed by atoms with E-state index in [0.717, 1.165) is 18.0 Å². The molecule has 1 heterocycles. The third-order valence-electron chi connectivity index (χ3n) is 3.85. The van der Waals surface area contributed by atoms with Gasteiger partial charge in [-0.3, -0.25) is 0 Å². The highest BCUT2D eigenvalue weighted by Gasteiger charge is 2.17. The van der Waals surface area contributed by atoms with E-state index in [-0.39, 0.29) is 0 Å². The molecular weight excluding hydrogens is 290 g/mol. The maximum atomic E-state index is 8.93. The average molecular weight is 313 g/mol. The van der Waals surface area contributed by atoms with Gasteiger partial charge in [0, 0.05) is 49.6 Å². The molecule has 22 heavy (non-hydrogen) atoms. The Morgan fingerprint density at radius 3 is 2.36 bits per heavy atom. The molecule has 1 fully saturated rings. The number of rotatable bonds is 5. The molecular formula is C18H23N3S. The van der Waals surface area contributed by atoms with Crippen LogP contribution >= 0.6 is 11.8 Å². The van der Waals surface area contributed by atoms with E-state index >= 15 is 0 Å². The minimum Gasteiger partial charge on any atom is -0.378 e. The summed E-state index contributed by atoms with van der Waals surface area (Å²) in [7, 11) is 4.10. The maximum absolute atomic E-state index is 8.93. The number of likely N-dealkylation sites (tertiary alicyclic amines) is 1. The monoisotopic (exact) mass is 313 g/mol. The van der Waals surface area contributed by atoms with Crippen LogP contribution in [0.15, 0.2) is 41.3 Å². The molecule has 0 radical (unpaired) electrons. The molecule has 0 N–H and O–H groups in total. The molecule has 2 rings (SSSR count). The van der Waals surface area contributed by atoms with Crippen LogP contribution in [0.3, 0.4) is 0 Å². The molecule has 0 bridgehead atoms. The van der Waals surface area contributed by atoms with Crippen molar-refractivity contribution in [3.8, 4) is 6.07 Å². The van der Waals surface area contributed by atoms with E-state index in [0.29, 0.717) is 0 Å². The van der Waals surface area contributed by atoms with E-state index in [1.807, 2.05) is 20.4 Å². The lowest BCUT2D eigenvalue weighted by molar-refractivity contribution is 0.493. The van der Waals surface area contributed by atoms with Crippen LogP contribution < -0.4 is 4.90 Å². The largest absolute Gasteiger partial charge is 0.378 e. The number of allylic oxidation sites excluding steroid dienone is 2. The molecule has 4 heteroatoms. The van der Waals surface area contributed by atoms with E-state index in [2.05, 4.69) is 46.2 Å². The van der Waals surface area contributed by atoms with Gasteiger partial charge in [-0.25, -0.2) is 0 Å². The number of hydrogen-bond donors (Lipinski definition) is 0. The first kappa shape index (κ1) is 16.5. The molecule has 0 saturated carbocycles. The zero-order valence-corrected chi connectivity index (χ0v) is 14.4. The smallest absolute Gasteiger partial charge is 0.0923 e. The molecule has 0 aliphatic carbocycles. The third-order valence-corrected chi connectivity index (χ3v) is 4.55. The zero-order chi connectivity index (χ0) is 15.9. The molecule has 1 aliphatic heterocycles. The summed E-state index contributed by atoms with van der Waals surface area (Å²) in [6.07, 6.45) is 8.25. The number of benzene rings is 1. The quantitative estimate of drug-likeness (QED) is 0.608. The fourth-order valence-corrected chi connectivity index (χ4v) is 3.00. The fourth-order valence-electron chi connectivity index (χ4n) is 2.60. The lowest BCUT2D eigenvalue weighted by Gasteiger charge is -2.23. The third kappa shape index (κ3) is 4.08. The lowest BCUT2D eigenvalue weighted by atomic mass is 10.1. The summed E-state index contributed by atoms with van der Waals surface area (Å²) < 4.78 is 0. The van der Waals surface area contributed by atoms with Crippen molar-refractivity contribution in [3.05, 3.63) is 46.9 Å². The van der Waals surface area contributed by atoms with Crippen LogP contribution in [0.1, 0.15) is 18.4 Å². The van der Waals surface area contributed by atoms with Crippen LogP contribution in [-0.2, 0) is 0 Å². The standard InChI is InChI=1S/C18H23N3S/c1-20(2)16-8-6-15(7-9-16)18(21-12-4-5-13-21)14-17(22-3)10-11-19/h6-10,14H,4-5,12-13H2,1-3H3/b17-10-,18-14+. The molecule has 0 unspecified atom stereocenters. The van der Waals surface area contributed by atoms with Crippen LogP contribution in [0.4, 0.5) is 5.69 Å². The van der Waals surface area contributed by atoms with Gasteiger partial charge in [0.2, 0.25) is 0 Å². The second kappa shape index (κ2) is 7.95. The molecule has 1 aromatic carbocycles. The molecule has 0 amide bonds. The van der Waals surface area contributed by atoms with Crippen molar-refractivity contribution in [1.29, 1.82) is 5.26 Å². The predicted molar refractivity (Wildman–Crippen MR) is 96.8 cm³/mol. The van der Waals surface area contributed by atoms with Gasteiger partial charge in [-0.2, -0.15) is 5.26 Å². The minimum atomic E-state index is 1.00. The summed E-state index contributed by atoms with van der Waals surface area (Å²) >= 11 is 1.61. The normalized spacial score (nSPS) is 15.8. The Bertz CT molecular complexity index is 588. The van der Waals surface area contributed by atoms with Gasteiger partial charge in [0.15, 0.2) is 0 Å². The van der Waals surface area contributed by atoms with Gasteiger partial charge in [-0.1, -0.05) is 12.1 Å². The summed E-state index contributed by atoms with van der Waals surface area (Å²) in [6.45, 7) is 2.19. The summed E-state index contributed by atoms with van der Waals surface area (Å²) in [6, 6.07) is 10.8. The van der Waals surface area contributed by atoms with Crippen molar-refractivity contribution >= 4 is 23.1 Å². The summed E-state index contributed by atoms with van der Waals surface area (Å²) in [4.78, 5) is 5.53. The van der Waals surface area contributed by atoms with Gasteiger partial charge in [0.05, 0.1) is 6.07 Å². The molecule has 0 aromatic heterocycles. The minimum absolute atomic E-state index is 1.00. The Morgan fingerprint density at radius 1 is 1.23 bits per heavy atom. The van der Waals surface area contributed by atoms with Crippen molar-refractivity contribution in [1.82, 2.24) is 4.90 Å². The molecule has 1 aromatic rings. The first-order valence-electron chi connectivity index (χ1n) is 7.54. The Hall–Kier alpha value is -1.86. The van der Waals surface area contributed by atoms with Crippen molar-refractivity contribution in [2.75, 3.05) is 38.3 Å².